The minimum atomic E-state index is -0.632. The molecule has 3 aliphatic rings. The molecule has 2 heterocycles. The fourth-order valence-electron chi connectivity index (χ4n) is 5.12. The summed E-state index contributed by atoms with van der Waals surface area (Å²) in [5.74, 6) is -0.497. The van der Waals surface area contributed by atoms with E-state index in [-0.39, 0.29) is 29.1 Å². The highest BCUT2D eigenvalue weighted by molar-refractivity contribution is 5.97. The lowest BCUT2D eigenvalue weighted by Gasteiger charge is -2.36. The van der Waals surface area contributed by atoms with Gasteiger partial charge in [0.1, 0.15) is 11.9 Å². The van der Waals surface area contributed by atoms with Crippen LogP contribution in [0.4, 0.5) is 4.39 Å². The molecule has 7 heteroatoms. The van der Waals surface area contributed by atoms with Crippen LogP contribution in [0.5, 0.6) is 0 Å². The first-order chi connectivity index (χ1) is 14.8. The molecule has 2 saturated heterocycles. The Balaban J connectivity index is 1.33. The van der Waals surface area contributed by atoms with Gasteiger partial charge in [0, 0.05) is 37.7 Å². The molecule has 2 atom stereocenters. The molecule has 0 aromatic heterocycles. The summed E-state index contributed by atoms with van der Waals surface area (Å²) in [4.78, 5) is 42.3. The lowest BCUT2D eigenvalue weighted by atomic mass is 9.89. The van der Waals surface area contributed by atoms with Crippen LogP contribution >= 0.6 is 0 Å². The van der Waals surface area contributed by atoms with E-state index in [4.69, 9.17) is 0 Å². The van der Waals surface area contributed by atoms with Crippen molar-refractivity contribution in [2.75, 3.05) is 26.2 Å². The van der Waals surface area contributed by atoms with E-state index in [9.17, 15) is 18.8 Å². The second-order valence-electron chi connectivity index (χ2n) is 9.68. The second kappa shape index (κ2) is 8.60. The molecule has 1 aromatic rings. The van der Waals surface area contributed by atoms with Gasteiger partial charge in [-0.15, -0.1) is 0 Å². The van der Waals surface area contributed by atoms with Crippen LogP contribution in [0.15, 0.2) is 24.3 Å². The molecule has 6 nitrogen and oxygen atoms in total. The van der Waals surface area contributed by atoms with Crippen LogP contribution in [0.3, 0.4) is 0 Å². The lowest BCUT2D eigenvalue weighted by Crippen LogP contribution is -2.53. The first-order valence-corrected chi connectivity index (χ1v) is 11.4. The number of amides is 3. The summed E-state index contributed by atoms with van der Waals surface area (Å²) in [5.41, 5.74) is 0.403. The number of piperidine rings is 1. The molecule has 168 valence electrons. The van der Waals surface area contributed by atoms with E-state index < -0.39 is 11.9 Å². The van der Waals surface area contributed by atoms with Crippen molar-refractivity contribution in [1.29, 1.82) is 0 Å². The number of rotatable bonds is 5. The Morgan fingerprint density at radius 1 is 1.00 bits per heavy atom. The fraction of sp³-hybridized carbons (Fsp3) is 0.625. The Morgan fingerprint density at radius 2 is 1.61 bits per heavy atom. The van der Waals surface area contributed by atoms with Crippen LogP contribution in [-0.4, -0.2) is 59.7 Å². The monoisotopic (exact) mass is 429 g/mol. The molecule has 1 aliphatic carbocycles. The Morgan fingerprint density at radius 3 is 2.19 bits per heavy atom. The Hall–Kier alpha value is -2.44. The molecule has 1 spiro atoms. The van der Waals surface area contributed by atoms with Gasteiger partial charge in [-0.1, -0.05) is 13.8 Å². The van der Waals surface area contributed by atoms with Gasteiger partial charge in [0.15, 0.2) is 0 Å². The summed E-state index contributed by atoms with van der Waals surface area (Å²) in [5, 5.41) is 2.84. The maximum Gasteiger partial charge on any atom is 0.251 e. The molecule has 2 aliphatic heterocycles. The molecule has 3 amide bonds. The molecule has 0 bridgehead atoms. The number of nitrogens with zero attached hydrogens (tertiary/aromatic N) is 2. The van der Waals surface area contributed by atoms with Crippen LogP contribution in [-0.2, 0) is 9.59 Å². The zero-order valence-corrected chi connectivity index (χ0v) is 18.4. The van der Waals surface area contributed by atoms with Crippen molar-refractivity contribution in [1.82, 2.24) is 15.1 Å². The average molecular weight is 430 g/mol. The summed E-state index contributed by atoms with van der Waals surface area (Å²) < 4.78 is 13.1. The van der Waals surface area contributed by atoms with Crippen molar-refractivity contribution in [3.8, 4) is 0 Å². The number of hydrogen-bond donors (Lipinski definition) is 1. The lowest BCUT2D eigenvalue weighted by molar-refractivity contribution is -0.136. The van der Waals surface area contributed by atoms with Crippen molar-refractivity contribution in [3.05, 3.63) is 35.6 Å². The Bertz CT molecular complexity index is 840. The molecule has 1 saturated carbocycles. The predicted molar refractivity (Wildman–Crippen MR) is 115 cm³/mol. The van der Waals surface area contributed by atoms with Crippen molar-refractivity contribution in [2.45, 2.75) is 52.0 Å². The topological polar surface area (TPSA) is 69.7 Å². The van der Waals surface area contributed by atoms with Crippen molar-refractivity contribution in [2.24, 2.45) is 17.3 Å². The third-order valence-corrected chi connectivity index (χ3v) is 7.30. The van der Waals surface area contributed by atoms with E-state index in [1.807, 2.05) is 23.6 Å². The number of carbonyl (C=O) groups is 3. The van der Waals surface area contributed by atoms with Crippen LogP contribution in [0, 0.1) is 23.1 Å². The van der Waals surface area contributed by atoms with E-state index in [1.165, 1.54) is 24.3 Å². The number of carbonyl (C=O) groups excluding carboxylic acids is 3. The van der Waals surface area contributed by atoms with Crippen molar-refractivity contribution < 1.29 is 18.8 Å². The van der Waals surface area contributed by atoms with Crippen LogP contribution in [0.25, 0.3) is 0 Å². The molecule has 31 heavy (non-hydrogen) atoms. The van der Waals surface area contributed by atoms with Crippen molar-refractivity contribution >= 4 is 17.7 Å². The smallest absolute Gasteiger partial charge is 0.251 e. The minimum Gasteiger partial charge on any atom is -0.342 e. The summed E-state index contributed by atoms with van der Waals surface area (Å²) in [6.07, 6.45) is 4.85. The summed E-state index contributed by atoms with van der Waals surface area (Å²) in [6.45, 7) is 6.84. The second-order valence-corrected chi connectivity index (χ2v) is 9.68. The zero-order chi connectivity index (χ0) is 22.2. The van der Waals surface area contributed by atoms with Gasteiger partial charge < -0.3 is 15.1 Å². The van der Waals surface area contributed by atoms with E-state index in [1.54, 1.807) is 0 Å². The predicted octanol–water partition coefficient (Wildman–Crippen LogP) is 2.83. The molecule has 0 radical (unpaired) electrons. The van der Waals surface area contributed by atoms with Gasteiger partial charge in [0.25, 0.3) is 5.91 Å². The largest absolute Gasteiger partial charge is 0.342 e. The van der Waals surface area contributed by atoms with Crippen LogP contribution < -0.4 is 5.32 Å². The molecule has 3 fully saturated rings. The van der Waals surface area contributed by atoms with E-state index >= 15 is 0 Å². The van der Waals surface area contributed by atoms with E-state index in [2.05, 4.69) is 5.32 Å². The quantitative estimate of drug-likeness (QED) is 0.783. The van der Waals surface area contributed by atoms with Gasteiger partial charge in [0.05, 0.1) is 0 Å². The molecular formula is C24H32FN3O3. The Labute approximate surface area is 183 Å². The van der Waals surface area contributed by atoms with Gasteiger partial charge >= 0.3 is 0 Å². The molecule has 4 rings (SSSR count). The van der Waals surface area contributed by atoms with Gasteiger partial charge in [0.2, 0.25) is 11.8 Å². The number of hydrogen-bond acceptors (Lipinski definition) is 3. The Kier molecular flexibility index (Phi) is 6.04. The molecule has 1 N–H and O–H groups in total. The average Bonchev–Trinajstić information content (AvgIpc) is 3.18. The first kappa shape index (κ1) is 21.8. The van der Waals surface area contributed by atoms with Gasteiger partial charge in [-0.3, -0.25) is 14.4 Å². The maximum absolute atomic E-state index is 13.2. The number of benzene rings is 1. The molecule has 2 unspecified atom stereocenters. The SMILES string of the molecule is CC(C)C(NC(=O)c1ccc(F)cc1)C(=O)N1CCC2(CC1)CC2C(=O)N1CCCC1. The van der Waals surface area contributed by atoms with Crippen LogP contribution in [0.1, 0.15) is 56.3 Å². The first-order valence-electron chi connectivity index (χ1n) is 11.4. The number of halogens is 1. The van der Waals surface area contributed by atoms with Crippen molar-refractivity contribution in [3.63, 3.8) is 0 Å². The minimum absolute atomic E-state index is 0.0706. The third-order valence-electron chi connectivity index (χ3n) is 7.30. The van der Waals surface area contributed by atoms with Gasteiger partial charge in [-0.2, -0.15) is 0 Å². The van der Waals surface area contributed by atoms with Gasteiger partial charge in [-0.05, 0) is 67.7 Å². The third kappa shape index (κ3) is 4.46. The number of nitrogens with one attached hydrogen (secondary N) is 1. The number of likely N-dealkylation sites (tertiary alicyclic amines) is 2. The summed E-state index contributed by atoms with van der Waals surface area (Å²) in [6, 6.07) is 4.68. The summed E-state index contributed by atoms with van der Waals surface area (Å²) >= 11 is 0. The van der Waals surface area contributed by atoms with Crippen LogP contribution in [0.2, 0.25) is 0 Å². The highest BCUT2D eigenvalue weighted by Gasteiger charge is 2.59. The highest BCUT2D eigenvalue weighted by atomic mass is 19.1. The van der Waals surface area contributed by atoms with E-state index in [0.717, 1.165) is 45.2 Å². The standard InChI is InChI=1S/C24H32FN3O3/c1-16(2)20(26-21(29)17-5-7-18(25)8-6-17)23(31)28-13-9-24(10-14-28)15-19(24)22(30)27-11-3-4-12-27/h5-8,16,19-20H,3-4,9-15H2,1-2H3,(H,26,29). The van der Waals surface area contributed by atoms with Gasteiger partial charge in [-0.25, -0.2) is 4.39 Å². The molecular weight excluding hydrogens is 397 g/mol. The molecule has 1 aromatic carbocycles. The maximum atomic E-state index is 13.2. The summed E-state index contributed by atoms with van der Waals surface area (Å²) in [7, 11) is 0. The highest BCUT2D eigenvalue weighted by Crippen LogP contribution is 2.60. The fourth-order valence-corrected chi connectivity index (χ4v) is 5.12. The zero-order valence-electron chi connectivity index (χ0n) is 18.4. The van der Waals surface area contributed by atoms with E-state index in [0.29, 0.717) is 24.6 Å². The normalized spacial score (nSPS) is 23.2.